The number of hydrogen-bond donors (Lipinski definition) is 1. The van der Waals surface area contributed by atoms with Gasteiger partial charge in [-0.3, -0.25) is 9.59 Å². The number of amides is 1. The monoisotopic (exact) mass is 371 g/mol. The largest absolute Gasteiger partial charge is 0.480 e. The van der Waals surface area contributed by atoms with Gasteiger partial charge in [-0.25, -0.2) is 4.79 Å². The van der Waals surface area contributed by atoms with Gasteiger partial charge in [0.25, 0.3) is 0 Å². The molecular formula is C21H25NO5. The van der Waals surface area contributed by atoms with Crippen molar-refractivity contribution in [2.75, 3.05) is 19.8 Å². The molecule has 1 aromatic carbocycles. The van der Waals surface area contributed by atoms with Gasteiger partial charge in [0.05, 0.1) is 12.6 Å². The molecule has 144 valence electrons. The number of rotatable bonds is 10. The van der Waals surface area contributed by atoms with Crippen LogP contribution in [0.4, 0.5) is 0 Å². The lowest BCUT2D eigenvalue weighted by Gasteiger charge is -2.33. The molecule has 0 unspecified atom stereocenters. The van der Waals surface area contributed by atoms with E-state index in [0.717, 1.165) is 18.4 Å². The van der Waals surface area contributed by atoms with Gasteiger partial charge in [-0.15, -0.1) is 0 Å². The summed E-state index contributed by atoms with van der Waals surface area (Å²) in [6.45, 7) is 0.253. The highest BCUT2D eigenvalue weighted by atomic mass is 16.5. The highest BCUT2D eigenvalue weighted by Gasteiger charge is 2.25. The van der Waals surface area contributed by atoms with E-state index in [1.807, 2.05) is 36.4 Å². The van der Waals surface area contributed by atoms with E-state index >= 15 is 0 Å². The average Bonchev–Trinajstić information content (AvgIpc) is 2.65. The summed E-state index contributed by atoms with van der Waals surface area (Å²) < 4.78 is 4.93. The Labute approximate surface area is 159 Å². The maximum atomic E-state index is 12.2. The standard InChI is InChI=1S/C21H25NO5/c23-19(15-17-7-2-1-3-8-17)12-11-18-9-6-10-20(24)22(18)13-4-5-14-27-16-21(25)26/h1-5,7-8,11-12,18H,6,9-10,13-16H2,(H,25,26)/b5-4-,12-11+/t18-/m1/s1. The molecule has 6 heteroatoms. The fourth-order valence-electron chi connectivity index (χ4n) is 2.93. The van der Waals surface area contributed by atoms with Gasteiger partial charge in [0.2, 0.25) is 5.91 Å². The van der Waals surface area contributed by atoms with Crippen molar-refractivity contribution in [2.24, 2.45) is 0 Å². The van der Waals surface area contributed by atoms with Crippen LogP contribution < -0.4 is 0 Å². The first-order valence-corrected chi connectivity index (χ1v) is 9.05. The van der Waals surface area contributed by atoms with Crippen molar-refractivity contribution >= 4 is 17.7 Å². The first kappa shape index (κ1) is 20.6. The minimum absolute atomic E-state index is 0.0109. The van der Waals surface area contributed by atoms with Crippen LogP contribution in [0.2, 0.25) is 0 Å². The Bertz CT molecular complexity index is 696. The molecule has 27 heavy (non-hydrogen) atoms. The molecule has 0 aliphatic carbocycles. The van der Waals surface area contributed by atoms with Crippen molar-refractivity contribution in [3.05, 3.63) is 60.2 Å². The van der Waals surface area contributed by atoms with Gasteiger partial charge < -0.3 is 14.7 Å². The lowest BCUT2D eigenvalue weighted by Crippen LogP contribution is -2.42. The molecule has 2 rings (SSSR count). The summed E-state index contributed by atoms with van der Waals surface area (Å²) in [5.74, 6) is -0.945. The maximum absolute atomic E-state index is 12.2. The summed E-state index contributed by atoms with van der Waals surface area (Å²) in [5.41, 5.74) is 0.966. The molecule has 1 aromatic rings. The van der Waals surface area contributed by atoms with Crippen molar-refractivity contribution in [2.45, 2.75) is 31.7 Å². The number of allylic oxidation sites excluding steroid dienone is 1. The summed E-state index contributed by atoms with van der Waals surface area (Å²) in [4.78, 5) is 36.5. The van der Waals surface area contributed by atoms with Gasteiger partial charge in [-0.2, -0.15) is 0 Å². The first-order chi connectivity index (χ1) is 13.1. The van der Waals surface area contributed by atoms with E-state index in [0.29, 0.717) is 19.4 Å². The number of ether oxygens (including phenoxy) is 1. The SMILES string of the molecule is O=C(O)COC/C=C\CN1C(=O)CCC[C@@H]1/C=C/C(=O)Cc1ccccc1. The van der Waals surface area contributed by atoms with Crippen LogP contribution in [0.5, 0.6) is 0 Å². The number of carbonyl (C=O) groups excluding carboxylic acids is 2. The van der Waals surface area contributed by atoms with E-state index in [1.165, 1.54) is 0 Å². The molecule has 1 aliphatic heterocycles. The second-order valence-electron chi connectivity index (χ2n) is 6.37. The number of aliphatic carboxylic acids is 1. The van der Waals surface area contributed by atoms with Crippen molar-refractivity contribution in [3.63, 3.8) is 0 Å². The quantitative estimate of drug-likeness (QED) is 0.388. The van der Waals surface area contributed by atoms with Crippen LogP contribution >= 0.6 is 0 Å². The molecule has 1 heterocycles. The molecule has 0 bridgehead atoms. The fraction of sp³-hybridized carbons (Fsp3) is 0.381. The van der Waals surface area contributed by atoms with E-state index in [1.54, 1.807) is 23.1 Å². The van der Waals surface area contributed by atoms with Crippen LogP contribution in [-0.2, 0) is 25.5 Å². The van der Waals surface area contributed by atoms with Gasteiger partial charge in [0.15, 0.2) is 5.78 Å². The third-order valence-electron chi connectivity index (χ3n) is 4.25. The number of hydrogen-bond acceptors (Lipinski definition) is 4. The van der Waals surface area contributed by atoms with Gasteiger partial charge in [-0.05, 0) is 24.5 Å². The van der Waals surface area contributed by atoms with Crippen molar-refractivity contribution in [3.8, 4) is 0 Å². The third-order valence-corrected chi connectivity index (χ3v) is 4.25. The summed E-state index contributed by atoms with van der Waals surface area (Å²) in [6.07, 6.45) is 9.36. The summed E-state index contributed by atoms with van der Waals surface area (Å²) in [6, 6.07) is 9.45. The van der Waals surface area contributed by atoms with Crippen LogP contribution in [0.15, 0.2) is 54.6 Å². The molecule has 1 atom stereocenters. The predicted molar refractivity (Wildman–Crippen MR) is 101 cm³/mol. The highest BCUT2D eigenvalue weighted by molar-refractivity contribution is 5.91. The minimum atomic E-state index is -1.01. The fourth-order valence-corrected chi connectivity index (χ4v) is 2.93. The number of likely N-dealkylation sites (tertiary alicyclic amines) is 1. The summed E-state index contributed by atoms with van der Waals surface area (Å²) in [7, 11) is 0. The smallest absolute Gasteiger partial charge is 0.329 e. The normalized spacial score (nSPS) is 17.7. The zero-order valence-corrected chi connectivity index (χ0v) is 15.3. The molecule has 1 saturated heterocycles. The number of carboxylic acids is 1. The van der Waals surface area contributed by atoms with Crippen molar-refractivity contribution < 1.29 is 24.2 Å². The Morgan fingerprint density at radius 2 is 2.00 bits per heavy atom. The second-order valence-corrected chi connectivity index (χ2v) is 6.37. The molecule has 6 nitrogen and oxygen atoms in total. The molecular weight excluding hydrogens is 346 g/mol. The van der Waals surface area contributed by atoms with Crippen LogP contribution in [0.25, 0.3) is 0 Å². The Morgan fingerprint density at radius 1 is 1.22 bits per heavy atom. The van der Waals surface area contributed by atoms with Gasteiger partial charge in [0.1, 0.15) is 6.61 Å². The maximum Gasteiger partial charge on any atom is 0.329 e. The third kappa shape index (κ3) is 7.58. The van der Waals surface area contributed by atoms with E-state index < -0.39 is 5.97 Å². The second kappa shape index (κ2) is 11.1. The van der Waals surface area contributed by atoms with Crippen LogP contribution in [-0.4, -0.2) is 53.5 Å². The molecule has 0 saturated carbocycles. The summed E-state index contributed by atoms with van der Waals surface area (Å²) >= 11 is 0. The zero-order chi connectivity index (χ0) is 19.5. The van der Waals surface area contributed by atoms with E-state index in [4.69, 9.17) is 9.84 Å². The number of nitrogens with zero attached hydrogens (tertiary/aromatic N) is 1. The van der Waals surface area contributed by atoms with Crippen molar-refractivity contribution in [1.29, 1.82) is 0 Å². The zero-order valence-electron chi connectivity index (χ0n) is 15.3. The summed E-state index contributed by atoms with van der Waals surface area (Å²) in [5, 5.41) is 8.50. The Morgan fingerprint density at radius 3 is 2.74 bits per heavy atom. The average molecular weight is 371 g/mol. The number of piperidine rings is 1. The first-order valence-electron chi connectivity index (χ1n) is 9.05. The molecule has 1 fully saturated rings. The van der Waals surface area contributed by atoms with E-state index in [9.17, 15) is 14.4 Å². The lowest BCUT2D eigenvalue weighted by molar-refractivity contribution is -0.141. The minimum Gasteiger partial charge on any atom is -0.480 e. The Balaban J connectivity index is 1.86. The van der Waals surface area contributed by atoms with E-state index in [2.05, 4.69) is 0 Å². The molecule has 1 amide bonds. The van der Waals surface area contributed by atoms with Gasteiger partial charge in [0, 0.05) is 19.4 Å². The highest BCUT2D eigenvalue weighted by Crippen LogP contribution is 2.19. The number of carbonyl (C=O) groups is 3. The van der Waals surface area contributed by atoms with Crippen molar-refractivity contribution in [1.82, 2.24) is 4.90 Å². The van der Waals surface area contributed by atoms with Gasteiger partial charge in [-0.1, -0.05) is 48.6 Å². The lowest BCUT2D eigenvalue weighted by atomic mass is 10.00. The van der Waals surface area contributed by atoms with Crippen LogP contribution in [0, 0.1) is 0 Å². The number of benzene rings is 1. The molecule has 0 spiro atoms. The van der Waals surface area contributed by atoms with Crippen LogP contribution in [0.3, 0.4) is 0 Å². The molecule has 0 radical (unpaired) electrons. The molecule has 0 aromatic heterocycles. The van der Waals surface area contributed by atoms with Crippen LogP contribution in [0.1, 0.15) is 24.8 Å². The molecule has 1 aliphatic rings. The Kier molecular flexibility index (Phi) is 8.45. The predicted octanol–water partition coefficient (Wildman–Crippen LogP) is 2.39. The number of carboxylic acid groups (broad SMARTS) is 1. The van der Waals surface area contributed by atoms with Gasteiger partial charge >= 0.3 is 5.97 Å². The Hall–Kier alpha value is -2.73. The topological polar surface area (TPSA) is 83.9 Å². The van der Waals surface area contributed by atoms with E-state index in [-0.39, 0.29) is 30.9 Å². The molecule has 1 N–H and O–H groups in total. The number of ketones is 1.